The van der Waals surface area contributed by atoms with E-state index in [1.54, 1.807) is 12.1 Å². The Morgan fingerprint density at radius 1 is 1.33 bits per heavy atom. The second kappa shape index (κ2) is 8.67. The van der Waals surface area contributed by atoms with E-state index in [1.807, 2.05) is 6.92 Å². The van der Waals surface area contributed by atoms with Crippen LogP contribution in [0, 0.1) is 0 Å². The third-order valence-electron chi connectivity index (χ3n) is 3.08. The lowest BCUT2D eigenvalue weighted by atomic mass is 10.1. The summed E-state index contributed by atoms with van der Waals surface area (Å²) in [6, 6.07) is 4.38. The van der Waals surface area contributed by atoms with Crippen molar-refractivity contribution in [2.24, 2.45) is 0 Å². The number of unbranched alkanes of at least 4 members (excludes halogenated alkanes) is 2. The molecule has 0 bridgehead atoms. The minimum atomic E-state index is -1.08. The van der Waals surface area contributed by atoms with Crippen LogP contribution in [-0.4, -0.2) is 23.1 Å². The number of carboxylic acid groups (broad SMARTS) is 1. The van der Waals surface area contributed by atoms with Crippen LogP contribution in [0.1, 0.15) is 49.9 Å². The number of amides is 2. The van der Waals surface area contributed by atoms with Gasteiger partial charge in [-0.1, -0.05) is 42.1 Å². The zero-order valence-corrected chi connectivity index (χ0v) is 13.9. The molecule has 21 heavy (non-hydrogen) atoms. The van der Waals surface area contributed by atoms with Crippen LogP contribution in [0.3, 0.4) is 0 Å². The quantitative estimate of drug-likeness (QED) is 0.639. The molecule has 5 nitrogen and oxygen atoms in total. The summed E-state index contributed by atoms with van der Waals surface area (Å²) in [5.41, 5.74) is 0.335. The van der Waals surface area contributed by atoms with Crippen LogP contribution in [0.2, 0.25) is 0 Å². The number of urea groups is 1. The zero-order valence-electron chi connectivity index (χ0n) is 12.3. The van der Waals surface area contributed by atoms with Gasteiger partial charge < -0.3 is 15.7 Å². The minimum absolute atomic E-state index is 0.0539. The Labute approximate surface area is 133 Å². The number of carbonyl (C=O) groups is 2. The smallest absolute Gasteiger partial charge is 0.337 e. The summed E-state index contributed by atoms with van der Waals surface area (Å²) in [5.74, 6) is -1.08. The Kier molecular flexibility index (Phi) is 7.22. The molecule has 2 amide bonds. The van der Waals surface area contributed by atoms with Crippen molar-refractivity contribution in [3.8, 4) is 0 Å². The second-order valence-electron chi connectivity index (χ2n) is 4.99. The summed E-state index contributed by atoms with van der Waals surface area (Å²) >= 11 is 3.21. The van der Waals surface area contributed by atoms with E-state index in [1.165, 1.54) is 6.07 Å². The van der Waals surface area contributed by atoms with Gasteiger partial charge in [0.05, 0.1) is 11.3 Å². The topological polar surface area (TPSA) is 78.4 Å². The molecule has 0 aliphatic heterocycles. The van der Waals surface area contributed by atoms with Gasteiger partial charge in [0.15, 0.2) is 0 Å². The molecule has 0 saturated heterocycles. The number of hydrogen-bond donors (Lipinski definition) is 3. The van der Waals surface area contributed by atoms with Gasteiger partial charge in [-0.25, -0.2) is 9.59 Å². The summed E-state index contributed by atoms with van der Waals surface area (Å²) in [4.78, 5) is 23.0. The first-order valence-corrected chi connectivity index (χ1v) is 7.83. The van der Waals surface area contributed by atoms with Crippen LogP contribution in [0.15, 0.2) is 22.7 Å². The van der Waals surface area contributed by atoms with E-state index in [0.717, 1.165) is 25.7 Å². The van der Waals surface area contributed by atoms with Crippen molar-refractivity contribution in [3.63, 3.8) is 0 Å². The summed E-state index contributed by atoms with van der Waals surface area (Å²) < 4.78 is 0.652. The molecule has 1 unspecified atom stereocenters. The number of benzene rings is 1. The lowest BCUT2D eigenvalue weighted by Gasteiger charge is -2.15. The van der Waals surface area contributed by atoms with Crippen molar-refractivity contribution in [1.82, 2.24) is 5.32 Å². The first-order chi connectivity index (χ1) is 9.93. The highest BCUT2D eigenvalue weighted by atomic mass is 79.9. The van der Waals surface area contributed by atoms with Crippen LogP contribution in [0.5, 0.6) is 0 Å². The number of carboxylic acids is 1. The molecular weight excluding hydrogens is 336 g/mol. The molecule has 0 spiro atoms. The summed E-state index contributed by atoms with van der Waals surface area (Å²) in [6.07, 6.45) is 4.26. The van der Waals surface area contributed by atoms with Crippen molar-refractivity contribution < 1.29 is 14.7 Å². The molecule has 1 rings (SSSR count). The van der Waals surface area contributed by atoms with Crippen molar-refractivity contribution in [3.05, 3.63) is 28.2 Å². The number of aromatic carboxylic acids is 1. The molecule has 3 N–H and O–H groups in total. The largest absolute Gasteiger partial charge is 0.478 e. The first-order valence-electron chi connectivity index (χ1n) is 7.04. The highest BCUT2D eigenvalue weighted by Gasteiger charge is 2.14. The van der Waals surface area contributed by atoms with Crippen LogP contribution in [0.4, 0.5) is 10.5 Å². The maximum atomic E-state index is 11.9. The van der Waals surface area contributed by atoms with Gasteiger partial charge in [0.1, 0.15) is 0 Å². The van der Waals surface area contributed by atoms with Gasteiger partial charge in [-0.3, -0.25) is 0 Å². The zero-order chi connectivity index (χ0) is 15.8. The van der Waals surface area contributed by atoms with Gasteiger partial charge in [-0.15, -0.1) is 0 Å². The summed E-state index contributed by atoms with van der Waals surface area (Å²) in [5, 5.41) is 14.5. The number of nitrogens with one attached hydrogen (secondary N) is 2. The molecule has 0 aromatic heterocycles. The summed E-state index contributed by atoms with van der Waals surface area (Å²) in [7, 11) is 0. The van der Waals surface area contributed by atoms with Crippen LogP contribution >= 0.6 is 15.9 Å². The predicted molar refractivity (Wildman–Crippen MR) is 86.9 cm³/mol. The predicted octanol–water partition coefficient (Wildman–Crippen LogP) is 4.24. The van der Waals surface area contributed by atoms with E-state index in [2.05, 4.69) is 33.5 Å². The van der Waals surface area contributed by atoms with Crippen molar-refractivity contribution in [1.29, 1.82) is 0 Å². The fourth-order valence-corrected chi connectivity index (χ4v) is 2.32. The highest BCUT2D eigenvalue weighted by Crippen LogP contribution is 2.21. The first kappa shape index (κ1) is 17.5. The Bertz CT molecular complexity index is 506. The fraction of sp³-hybridized carbons (Fsp3) is 0.467. The Morgan fingerprint density at radius 2 is 2.05 bits per heavy atom. The lowest BCUT2D eigenvalue weighted by molar-refractivity contribution is 0.0698. The Morgan fingerprint density at radius 3 is 2.67 bits per heavy atom. The molecular formula is C15H21BrN2O3. The van der Waals surface area contributed by atoms with Gasteiger partial charge in [-0.05, 0) is 31.5 Å². The van der Waals surface area contributed by atoms with Crippen molar-refractivity contribution >= 4 is 33.6 Å². The SMILES string of the molecule is CCCCCC(C)NC(=O)Nc1ccc(Br)cc1C(=O)O. The molecule has 0 saturated carbocycles. The molecule has 0 radical (unpaired) electrons. The molecule has 6 heteroatoms. The normalized spacial score (nSPS) is 11.8. The van der Waals surface area contributed by atoms with Crippen LogP contribution in [-0.2, 0) is 0 Å². The van der Waals surface area contributed by atoms with E-state index >= 15 is 0 Å². The van der Waals surface area contributed by atoms with Gasteiger partial charge in [0.2, 0.25) is 0 Å². The molecule has 116 valence electrons. The average Bonchev–Trinajstić information content (AvgIpc) is 2.40. The molecule has 0 heterocycles. The van der Waals surface area contributed by atoms with E-state index in [9.17, 15) is 9.59 Å². The molecule has 0 aliphatic carbocycles. The van der Waals surface area contributed by atoms with E-state index in [4.69, 9.17) is 5.11 Å². The van der Waals surface area contributed by atoms with E-state index in [-0.39, 0.29) is 23.3 Å². The second-order valence-corrected chi connectivity index (χ2v) is 5.91. The number of carbonyl (C=O) groups excluding carboxylic acids is 1. The third-order valence-corrected chi connectivity index (χ3v) is 3.57. The van der Waals surface area contributed by atoms with Crippen molar-refractivity contribution in [2.45, 2.75) is 45.6 Å². The maximum absolute atomic E-state index is 11.9. The Hall–Kier alpha value is -1.56. The lowest BCUT2D eigenvalue weighted by Crippen LogP contribution is -2.36. The summed E-state index contributed by atoms with van der Waals surface area (Å²) in [6.45, 7) is 4.07. The van der Waals surface area contributed by atoms with Crippen LogP contribution < -0.4 is 10.6 Å². The third kappa shape index (κ3) is 6.16. The van der Waals surface area contributed by atoms with Crippen molar-refractivity contribution in [2.75, 3.05) is 5.32 Å². The van der Waals surface area contributed by atoms with Gasteiger partial charge >= 0.3 is 12.0 Å². The molecule has 1 aromatic rings. The molecule has 1 aromatic carbocycles. The van der Waals surface area contributed by atoms with Crippen LogP contribution in [0.25, 0.3) is 0 Å². The van der Waals surface area contributed by atoms with Gasteiger partial charge in [0.25, 0.3) is 0 Å². The number of hydrogen-bond acceptors (Lipinski definition) is 2. The van der Waals surface area contributed by atoms with E-state index in [0.29, 0.717) is 4.47 Å². The number of rotatable bonds is 7. The average molecular weight is 357 g/mol. The highest BCUT2D eigenvalue weighted by molar-refractivity contribution is 9.10. The molecule has 1 atom stereocenters. The monoisotopic (exact) mass is 356 g/mol. The standard InChI is InChI=1S/C15H21BrN2O3/c1-3-4-5-6-10(2)17-15(21)18-13-8-7-11(16)9-12(13)14(19)20/h7-10H,3-6H2,1-2H3,(H,19,20)(H2,17,18,21). The van der Waals surface area contributed by atoms with Gasteiger partial charge in [-0.2, -0.15) is 0 Å². The van der Waals surface area contributed by atoms with Gasteiger partial charge in [0, 0.05) is 10.5 Å². The molecule has 0 fully saturated rings. The molecule has 0 aliphatic rings. The number of anilines is 1. The minimum Gasteiger partial charge on any atom is -0.478 e. The fourth-order valence-electron chi connectivity index (χ4n) is 1.96. The number of halogens is 1. The Balaban J connectivity index is 2.60. The maximum Gasteiger partial charge on any atom is 0.337 e. The van der Waals surface area contributed by atoms with E-state index < -0.39 is 5.97 Å².